The molecule has 0 spiro atoms. The Labute approximate surface area is 121 Å². The van der Waals surface area contributed by atoms with Crippen molar-refractivity contribution in [2.45, 2.75) is 25.7 Å². The summed E-state index contributed by atoms with van der Waals surface area (Å²) in [6.45, 7) is 1.67. The van der Waals surface area contributed by atoms with Gasteiger partial charge in [-0.25, -0.2) is 0 Å². The summed E-state index contributed by atoms with van der Waals surface area (Å²) < 4.78 is 1.05. The standard InChI is InChI=1S/C14H17BrN2O2/c15-11-5-7-12(8-6-11)17-9-1-3-13(18)16-14(19)4-2-10-17/h5-8H,1-4,9-10H2,(H,16,18,19). The van der Waals surface area contributed by atoms with Crippen LogP contribution in [0.1, 0.15) is 25.7 Å². The number of halogens is 1. The molecule has 1 saturated heterocycles. The normalized spacial score (nSPS) is 18.1. The zero-order chi connectivity index (χ0) is 13.7. The molecule has 0 atom stereocenters. The van der Waals surface area contributed by atoms with Crippen molar-refractivity contribution in [2.75, 3.05) is 18.0 Å². The first kappa shape index (κ1) is 14.1. The number of amides is 2. The maximum absolute atomic E-state index is 11.4. The molecule has 2 amide bonds. The second-order valence-corrected chi connectivity index (χ2v) is 5.56. The van der Waals surface area contributed by atoms with Crippen LogP contribution in [0.3, 0.4) is 0 Å². The molecule has 1 aliphatic heterocycles. The van der Waals surface area contributed by atoms with Gasteiger partial charge in [-0.2, -0.15) is 0 Å². The van der Waals surface area contributed by atoms with Gasteiger partial charge in [0.05, 0.1) is 0 Å². The number of imide groups is 1. The van der Waals surface area contributed by atoms with Gasteiger partial charge in [0.25, 0.3) is 0 Å². The van der Waals surface area contributed by atoms with Gasteiger partial charge in [0.1, 0.15) is 0 Å². The minimum Gasteiger partial charge on any atom is -0.372 e. The Morgan fingerprint density at radius 1 is 0.947 bits per heavy atom. The second-order valence-electron chi connectivity index (χ2n) is 4.64. The van der Waals surface area contributed by atoms with Crippen LogP contribution in [-0.2, 0) is 9.59 Å². The van der Waals surface area contributed by atoms with E-state index in [0.717, 1.165) is 36.1 Å². The number of nitrogens with one attached hydrogen (secondary N) is 1. The molecular formula is C14H17BrN2O2. The molecule has 0 saturated carbocycles. The van der Waals surface area contributed by atoms with Gasteiger partial charge in [-0.15, -0.1) is 0 Å². The molecule has 102 valence electrons. The Bertz CT molecular complexity index is 439. The van der Waals surface area contributed by atoms with Gasteiger partial charge in [-0.05, 0) is 37.1 Å². The van der Waals surface area contributed by atoms with E-state index < -0.39 is 0 Å². The van der Waals surface area contributed by atoms with Crippen molar-refractivity contribution in [2.24, 2.45) is 0 Å². The highest BCUT2D eigenvalue weighted by molar-refractivity contribution is 9.10. The Kier molecular flexibility index (Phi) is 4.96. The van der Waals surface area contributed by atoms with Crippen LogP contribution in [0, 0.1) is 0 Å². The summed E-state index contributed by atoms with van der Waals surface area (Å²) >= 11 is 3.42. The van der Waals surface area contributed by atoms with Crippen LogP contribution in [0.25, 0.3) is 0 Å². The summed E-state index contributed by atoms with van der Waals surface area (Å²) in [4.78, 5) is 25.1. The lowest BCUT2D eigenvalue weighted by molar-refractivity contribution is -0.130. The quantitative estimate of drug-likeness (QED) is 0.807. The first-order chi connectivity index (χ1) is 9.15. The average Bonchev–Trinajstić information content (AvgIpc) is 2.38. The molecule has 19 heavy (non-hydrogen) atoms. The van der Waals surface area contributed by atoms with E-state index in [9.17, 15) is 9.59 Å². The third kappa shape index (κ3) is 4.35. The van der Waals surface area contributed by atoms with Crippen LogP contribution >= 0.6 is 15.9 Å². The number of nitrogens with zero attached hydrogens (tertiary/aromatic N) is 1. The van der Waals surface area contributed by atoms with E-state index in [4.69, 9.17) is 0 Å². The Morgan fingerprint density at radius 3 is 2.00 bits per heavy atom. The lowest BCUT2D eigenvalue weighted by atomic mass is 10.2. The second kappa shape index (κ2) is 6.70. The SMILES string of the molecule is O=C1CCCN(c2ccc(Br)cc2)CCCC(=O)N1. The highest BCUT2D eigenvalue weighted by Crippen LogP contribution is 2.19. The highest BCUT2D eigenvalue weighted by Gasteiger charge is 2.13. The lowest BCUT2D eigenvalue weighted by Gasteiger charge is -2.25. The van der Waals surface area contributed by atoms with Gasteiger partial charge in [0.2, 0.25) is 11.8 Å². The molecule has 0 bridgehead atoms. The molecule has 1 aromatic rings. The first-order valence-corrected chi connectivity index (χ1v) is 7.27. The predicted octanol–water partition coefficient (Wildman–Crippen LogP) is 2.47. The van der Waals surface area contributed by atoms with E-state index >= 15 is 0 Å². The Hall–Kier alpha value is -1.36. The molecule has 1 aromatic carbocycles. The summed E-state index contributed by atoms with van der Waals surface area (Å²) in [6.07, 6.45) is 2.32. The van der Waals surface area contributed by atoms with Crippen molar-refractivity contribution in [1.82, 2.24) is 5.32 Å². The number of hydrogen-bond donors (Lipinski definition) is 1. The summed E-state index contributed by atoms with van der Waals surface area (Å²) in [5, 5.41) is 2.41. The number of carbonyl (C=O) groups is 2. The Balaban J connectivity index is 2.04. The molecule has 0 aromatic heterocycles. The van der Waals surface area contributed by atoms with E-state index in [2.05, 4.69) is 38.3 Å². The monoisotopic (exact) mass is 324 g/mol. The molecule has 1 N–H and O–H groups in total. The Morgan fingerprint density at radius 2 is 1.47 bits per heavy atom. The summed E-state index contributed by atoms with van der Waals surface area (Å²) in [5.74, 6) is -0.328. The van der Waals surface area contributed by atoms with E-state index in [1.54, 1.807) is 0 Å². The molecule has 1 heterocycles. The van der Waals surface area contributed by atoms with Gasteiger partial charge >= 0.3 is 0 Å². The van der Waals surface area contributed by atoms with Gasteiger partial charge < -0.3 is 4.90 Å². The summed E-state index contributed by atoms with van der Waals surface area (Å²) in [6, 6.07) is 8.12. The fraction of sp³-hybridized carbons (Fsp3) is 0.429. The third-order valence-electron chi connectivity index (χ3n) is 3.13. The largest absolute Gasteiger partial charge is 0.372 e. The smallest absolute Gasteiger partial charge is 0.226 e. The molecule has 2 rings (SSSR count). The minimum atomic E-state index is -0.164. The van der Waals surface area contributed by atoms with Crippen LogP contribution in [0.2, 0.25) is 0 Å². The van der Waals surface area contributed by atoms with Crippen LogP contribution < -0.4 is 10.2 Å². The van der Waals surface area contributed by atoms with Crippen LogP contribution in [0.5, 0.6) is 0 Å². The maximum Gasteiger partial charge on any atom is 0.226 e. The fourth-order valence-corrected chi connectivity index (χ4v) is 2.43. The molecule has 0 aliphatic carbocycles. The minimum absolute atomic E-state index is 0.164. The van der Waals surface area contributed by atoms with Crippen LogP contribution in [-0.4, -0.2) is 24.9 Å². The first-order valence-electron chi connectivity index (χ1n) is 6.48. The zero-order valence-electron chi connectivity index (χ0n) is 10.7. The predicted molar refractivity (Wildman–Crippen MR) is 78.0 cm³/mol. The van der Waals surface area contributed by atoms with Gasteiger partial charge in [-0.1, -0.05) is 15.9 Å². The van der Waals surface area contributed by atoms with E-state index in [0.29, 0.717) is 12.8 Å². The van der Waals surface area contributed by atoms with Gasteiger partial charge in [-0.3, -0.25) is 14.9 Å². The number of benzene rings is 1. The number of anilines is 1. The maximum atomic E-state index is 11.4. The molecule has 1 fully saturated rings. The molecule has 0 radical (unpaired) electrons. The van der Waals surface area contributed by atoms with Crippen molar-refractivity contribution in [3.63, 3.8) is 0 Å². The lowest BCUT2D eigenvalue weighted by Crippen LogP contribution is -2.34. The molecule has 4 nitrogen and oxygen atoms in total. The van der Waals surface area contributed by atoms with Crippen LogP contribution in [0.4, 0.5) is 5.69 Å². The molecule has 5 heteroatoms. The van der Waals surface area contributed by atoms with Gasteiger partial charge in [0.15, 0.2) is 0 Å². The van der Waals surface area contributed by atoms with Crippen LogP contribution in [0.15, 0.2) is 28.7 Å². The summed E-state index contributed by atoms with van der Waals surface area (Å²) in [5.41, 5.74) is 1.14. The number of carbonyl (C=O) groups excluding carboxylic acids is 2. The van der Waals surface area contributed by atoms with Crippen molar-refractivity contribution in [1.29, 1.82) is 0 Å². The van der Waals surface area contributed by atoms with Crippen molar-refractivity contribution in [3.8, 4) is 0 Å². The van der Waals surface area contributed by atoms with E-state index in [1.165, 1.54) is 0 Å². The highest BCUT2D eigenvalue weighted by atomic mass is 79.9. The van der Waals surface area contributed by atoms with E-state index in [1.807, 2.05) is 12.1 Å². The van der Waals surface area contributed by atoms with Crippen molar-refractivity contribution >= 4 is 33.4 Å². The topological polar surface area (TPSA) is 49.4 Å². The van der Waals surface area contributed by atoms with Crippen molar-refractivity contribution in [3.05, 3.63) is 28.7 Å². The van der Waals surface area contributed by atoms with Crippen molar-refractivity contribution < 1.29 is 9.59 Å². The fourth-order valence-electron chi connectivity index (χ4n) is 2.16. The zero-order valence-corrected chi connectivity index (χ0v) is 12.3. The summed E-state index contributed by atoms with van der Waals surface area (Å²) in [7, 11) is 0. The average molecular weight is 325 g/mol. The molecule has 1 aliphatic rings. The third-order valence-corrected chi connectivity index (χ3v) is 3.66. The van der Waals surface area contributed by atoms with E-state index in [-0.39, 0.29) is 11.8 Å². The molecular weight excluding hydrogens is 308 g/mol. The molecule has 0 unspecified atom stereocenters. The van der Waals surface area contributed by atoms with Gasteiger partial charge in [0, 0.05) is 36.1 Å². The number of rotatable bonds is 1. The number of hydrogen-bond acceptors (Lipinski definition) is 3.